The second kappa shape index (κ2) is 4.02. The average molecular weight is 250 g/mol. The molecule has 0 bridgehead atoms. The Labute approximate surface area is 83.0 Å². The number of hydroxylamine groups is 2. The molecular weight excluding hydrogens is 242 g/mol. The van der Waals surface area contributed by atoms with Crippen LogP contribution in [0.4, 0.5) is 0 Å². The predicted octanol–water partition coefficient (Wildman–Crippen LogP) is 2.14. The van der Waals surface area contributed by atoms with E-state index in [4.69, 9.17) is 4.84 Å². The molecule has 0 aromatic carbocycles. The number of rotatable bonds is 2. The summed E-state index contributed by atoms with van der Waals surface area (Å²) in [6, 6.07) is 1.77. The first-order chi connectivity index (χ1) is 5.65. The molecule has 0 aliphatic rings. The third-order valence-electron chi connectivity index (χ3n) is 1.37. The number of nitrogens with zero attached hydrogens (tertiary/aromatic N) is 1. The van der Waals surface area contributed by atoms with E-state index in [0.29, 0.717) is 5.56 Å². The van der Waals surface area contributed by atoms with Crippen LogP contribution >= 0.6 is 27.3 Å². The number of hydrogen-bond acceptors (Lipinski definition) is 3. The highest BCUT2D eigenvalue weighted by molar-refractivity contribution is 9.11. The van der Waals surface area contributed by atoms with Crippen molar-refractivity contribution in [2.24, 2.45) is 0 Å². The molecule has 0 aliphatic heterocycles. The number of thiophene rings is 1. The SMILES string of the molecule is CON(C)C(=O)c1csc(Br)c1. The van der Waals surface area contributed by atoms with E-state index in [9.17, 15) is 4.79 Å². The lowest BCUT2D eigenvalue weighted by molar-refractivity contribution is -0.0756. The summed E-state index contributed by atoms with van der Waals surface area (Å²) in [5.74, 6) is -0.139. The van der Waals surface area contributed by atoms with Crippen LogP contribution in [0, 0.1) is 0 Å². The topological polar surface area (TPSA) is 29.5 Å². The molecule has 1 rings (SSSR count). The number of amides is 1. The first kappa shape index (κ1) is 9.70. The maximum Gasteiger partial charge on any atom is 0.278 e. The van der Waals surface area contributed by atoms with Crippen molar-refractivity contribution in [3.8, 4) is 0 Å². The summed E-state index contributed by atoms with van der Waals surface area (Å²) in [7, 11) is 3.03. The van der Waals surface area contributed by atoms with Crippen molar-refractivity contribution in [2.75, 3.05) is 14.2 Å². The van der Waals surface area contributed by atoms with Gasteiger partial charge in [0.15, 0.2) is 0 Å². The number of carbonyl (C=O) groups is 1. The highest BCUT2D eigenvalue weighted by Crippen LogP contribution is 2.21. The Bertz CT molecular complexity index is 287. The Balaban J connectivity index is 2.78. The first-order valence-electron chi connectivity index (χ1n) is 3.21. The van der Waals surface area contributed by atoms with E-state index >= 15 is 0 Å². The minimum absolute atomic E-state index is 0.139. The highest BCUT2D eigenvalue weighted by atomic mass is 79.9. The molecule has 0 unspecified atom stereocenters. The molecule has 5 heteroatoms. The van der Waals surface area contributed by atoms with Crippen LogP contribution in [0.15, 0.2) is 15.2 Å². The summed E-state index contributed by atoms with van der Waals surface area (Å²) in [5.41, 5.74) is 0.635. The van der Waals surface area contributed by atoms with Gasteiger partial charge in [-0.3, -0.25) is 9.63 Å². The van der Waals surface area contributed by atoms with Gasteiger partial charge in [0.05, 0.1) is 16.5 Å². The lowest BCUT2D eigenvalue weighted by Gasteiger charge is -2.11. The molecule has 1 amide bonds. The summed E-state index contributed by atoms with van der Waals surface area (Å²) >= 11 is 4.75. The largest absolute Gasteiger partial charge is 0.278 e. The van der Waals surface area contributed by atoms with E-state index in [0.717, 1.165) is 3.79 Å². The fourth-order valence-electron chi connectivity index (χ4n) is 0.687. The van der Waals surface area contributed by atoms with Crippen LogP contribution in [-0.4, -0.2) is 25.1 Å². The summed E-state index contributed by atoms with van der Waals surface area (Å²) in [6.07, 6.45) is 0. The van der Waals surface area contributed by atoms with Gasteiger partial charge < -0.3 is 0 Å². The highest BCUT2D eigenvalue weighted by Gasteiger charge is 2.12. The van der Waals surface area contributed by atoms with Crippen LogP contribution in [0.5, 0.6) is 0 Å². The summed E-state index contributed by atoms with van der Waals surface area (Å²) < 4.78 is 0.940. The zero-order valence-corrected chi connectivity index (χ0v) is 9.11. The molecular formula is C7H8BrNO2S. The molecule has 66 valence electrons. The summed E-state index contributed by atoms with van der Waals surface area (Å²) in [4.78, 5) is 16.1. The lowest BCUT2D eigenvalue weighted by Crippen LogP contribution is -2.24. The molecule has 0 atom stereocenters. The third-order valence-corrected chi connectivity index (χ3v) is 2.88. The zero-order valence-electron chi connectivity index (χ0n) is 6.70. The van der Waals surface area contributed by atoms with Gasteiger partial charge in [0.25, 0.3) is 5.91 Å². The van der Waals surface area contributed by atoms with Gasteiger partial charge in [-0.25, -0.2) is 5.06 Å². The molecule has 1 heterocycles. The smallest absolute Gasteiger partial charge is 0.274 e. The predicted molar refractivity (Wildman–Crippen MR) is 51.1 cm³/mol. The van der Waals surface area contributed by atoms with Gasteiger partial charge in [0, 0.05) is 12.4 Å². The van der Waals surface area contributed by atoms with Gasteiger partial charge in [0.2, 0.25) is 0 Å². The van der Waals surface area contributed by atoms with Crippen molar-refractivity contribution in [1.29, 1.82) is 0 Å². The monoisotopic (exact) mass is 249 g/mol. The average Bonchev–Trinajstić information content (AvgIpc) is 2.49. The molecule has 1 aromatic heterocycles. The van der Waals surface area contributed by atoms with Crippen LogP contribution < -0.4 is 0 Å². The van der Waals surface area contributed by atoms with Crippen LogP contribution in [0.2, 0.25) is 0 Å². The summed E-state index contributed by atoms with van der Waals surface area (Å²) in [6.45, 7) is 0. The number of carbonyl (C=O) groups excluding carboxylic acids is 1. The molecule has 0 N–H and O–H groups in total. The molecule has 0 saturated heterocycles. The van der Waals surface area contributed by atoms with Crippen molar-refractivity contribution in [2.45, 2.75) is 0 Å². The van der Waals surface area contributed by atoms with Crippen molar-refractivity contribution in [1.82, 2.24) is 5.06 Å². The third kappa shape index (κ3) is 2.06. The Morgan fingerprint density at radius 2 is 2.42 bits per heavy atom. The Kier molecular flexibility index (Phi) is 3.25. The maximum atomic E-state index is 11.4. The van der Waals surface area contributed by atoms with Crippen molar-refractivity contribution >= 4 is 33.2 Å². The Morgan fingerprint density at radius 3 is 2.83 bits per heavy atom. The van der Waals surface area contributed by atoms with Crippen LogP contribution in [0.1, 0.15) is 10.4 Å². The van der Waals surface area contributed by atoms with Gasteiger partial charge >= 0.3 is 0 Å². The van der Waals surface area contributed by atoms with E-state index in [1.165, 1.54) is 23.5 Å². The molecule has 0 spiro atoms. The van der Waals surface area contributed by atoms with E-state index in [2.05, 4.69) is 15.9 Å². The second-order valence-electron chi connectivity index (χ2n) is 2.12. The quantitative estimate of drug-likeness (QED) is 0.752. The maximum absolute atomic E-state index is 11.4. The molecule has 0 saturated carbocycles. The molecule has 0 radical (unpaired) electrons. The Morgan fingerprint density at radius 1 is 1.75 bits per heavy atom. The molecule has 0 fully saturated rings. The van der Waals surface area contributed by atoms with Crippen molar-refractivity contribution in [3.05, 3.63) is 20.8 Å². The molecule has 1 aromatic rings. The van der Waals surface area contributed by atoms with Crippen LogP contribution in [-0.2, 0) is 4.84 Å². The summed E-state index contributed by atoms with van der Waals surface area (Å²) in [5, 5.41) is 2.97. The van der Waals surface area contributed by atoms with E-state index < -0.39 is 0 Å². The van der Waals surface area contributed by atoms with E-state index in [1.807, 2.05) is 0 Å². The van der Waals surface area contributed by atoms with Gasteiger partial charge in [-0.1, -0.05) is 0 Å². The van der Waals surface area contributed by atoms with Gasteiger partial charge in [-0.05, 0) is 22.0 Å². The Hall–Kier alpha value is -0.390. The molecule has 3 nitrogen and oxygen atoms in total. The zero-order chi connectivity index (χ0) is 9.14. The van der Waals surface area contributed by atoms with Crippen LogP contribution in [0.25, 0.3) is 0 Å². The molecule has 0 aliphatic carbocycles. The van der Waals surface area contributed by atoms with Gasteiger partial charge in [-0.15, -0.1) is 11.3 Å². The second-order valence-corrected chi connectivity index (χ2v) is 4.42. The number of hydrogen-bond donors (Lipinski definition) is 0. The van der Waals surface area contributed by atoms with Crippen molar-refractivity contribution < 1.29 is 9.63 Å². The first-order valence-corrected chi connectivity index (χ1v) is 4.88. The fourth-order valence-corrected chi connectivity index (χ4v) is 1.82. The fraction of sp³-hybridized carbons (Fsp3) is 0.286. The van der Waals surface area contributed by atoms with Crippen LogP contribution in [0.3, 0.4) is 0 Å². The minimum Gasteiger partial charge on any atom is -0.274 e. The minimum atomic E-state index is -0.139. The van der Waals surface area contributed by atoms with Gasteiger partial charge in [0.1, 0.15) is 0 Å². The standard InChI is InChI=1S/C7H8BrNO2S/c1-9(11-2)7(10)5-3-6(8)12-4-5/h3-4H,1-2H3. The number of halogens is 1. The van der Waals surface area contributed by atoms with E-state index in [1.54, 1.807) is 18.5 Å². The van der Waals surface area contributed by atoms with Crippen molar-refractivity contribution in [3.63, 3.8) is 0 Å². The van der Waals surface area contributed by atoms with Gasteiger partial charge in [-0.2, -0.15) is 0 Å². The lowest BCUT2D eigenvalue weighted by atomic mass is 10.3. The molecule has 12 heavy (non-hydrogen) atoms. The normalized spacial score (nSPS) is 9.92. The van der Waals surface area contributed by atoms with E-state index in [-0.39, 0.29) is 5.91 Å².